The minimum Gasteiger partial charge on any atom is -0.321 e. The van der Waals surface area contributed by atoms with Crippen LogP contribution in [0.3, 0.4) is 0 Å². The van der Waals surface area contributed by atoms with E-state index in [9.17, 15) is 0 Å². The lowest BCUT2D eigenvalue weighted by molar-refractivity contribution is 0.286. The van der Waals surface area contributed by atoms with Crippen LogP contribution in [0.5, 0.6) is 0 Å². The third-order valence-corrected chi connectivity index (χ3v) is 8.04. The van der Waals surface area contributed by atoms with Crippen molar-refractivity contribution in [2.45, 2.75) is 82.6 Å². The summed E-state index contributed by atoms with van der Waals surface area (Å²) in [5, 5.41) is 0.739. The van der Waals surface area contributed by atoms with E-state index in [1.54, 1.807) is 0 Å². The summed E-state index contributed by atoms with van der Waals surface area (Å²) in [6.07, 6.45) is 14.9. The molecule has 2 aromatic carbocycles. The maximum Gasteiger partial charge on any atom is 0.180 e. The molecular formula is C29H44N2S3. The highest BCUT2D eigenvalue weighted by Crippen LogP contribution is 2.31. The van der Waals surface area contributed by atoms with Gasteiger partial charge in [-0.2, -0.15) is 25.3 Å². The van der Waals surface area contributed by atoms with E-state index in [0.717, 1.165) is 33.5 Å². The third-order valence-electron chi connectivity index (χ3n) is 6.81. The van der Waals surface area contributed by atoms with Crippen molar-refractivity contribution in [3.05, 3.63) is 59.7 Å². The number of para-hydroxylation sites is 2. The average Bonchev–Trinajstić information content (AvgIpc) is 2.86. The van der Waals surface area contributed by atoms with Crippen molar-refractivity contribution < 1.29 is 0 Å². The van der Waals surface area contributed by atoms with E-state index in [2.05, 4.69) is 56.4 Å². The fourth-order valence-electron chi connectivity index (χ4n) is 4.37. The molecule has 0 aromatic heterocycles. The lowest BCUT2D eigenvalue weighted by Gasteiger charge is -2.30. The molecule has 0 spiro atoms. The topological polar surface area (TPSA) is 6.48 Å². The molecule has 34 heavy (non-hydrogen) atoms. The van der Waals surface area contributed by atoms with E-state index in [1.165, 1.54) is 64.2 Å². The van der Waals surface area contributed by atoms with Crippen LogP contribution in [0.15, 0.2) is 48.5 Å². The first kappa shape index (κ1) is 29.1. The molecule has 0 unspecified atom stereocenters. The molecule has 3 rings (SSSR count). The van der Waals surface area contributed by atoms with Gasteiger partial charge >= 0.3 is 0 Å². The first-order valence-electron chi connectivity index (χ1n) is 12.9. The fraction of sp³-hybridized carbons (Fsp3) is 0.552. The smallest absolute Gasteiger partial charge is 0.180 e. The number of hydrogen-bond acceptors (Lipinski definition) is 3. The number of thiocarbonyl (C=S) groups is 1. The minimum absolute atomic E-state index is 0.681. The Morgan fingerprint density at radius 2 is 1.26 bits per heavy atom. The molecule has 1 aliphatic rings. The van der Waals surface area contributed by atoms with Crippen molar-refractivity contribution in [3.8, 4) is 0 Å². The van der Waals surface area contributed by atoms with Gasteiger partial charge in [-0.3, -0.25) is 0 Å². The Balaban J connectivity index is 0.000000287. The van der Waals surface area contributed by atoms with Crippen LogP contribution in [-0.4, -0.2) is 19.2 Å². The minimum atomic E-state index is 0.681. The molecule has 0 N–H and O–H groups in total. The van der Waals surface area contributed by atoms with Gasteiger partial charge in [-0.1, -0.05) is 108 Å². The Morgan fingerprint density at radius 1 is 0.794 bits per heavy atom. The molecule has 188 valence electrons. The van der Waals surface area contributed by atoms with Gasteiger partial charge in [0.2, 0.25) is 0 Å². The van der Waals surface area contributed by atoms with Gasteiger partial charge in [-0.05, 0) is 41.4 Å². The summed E-state index contributed by atoms with van der Waals surface area (Å²) >= 11 is 14.5. The summed E-state index contributed by atoms with van der Waals surface area (Å²) in [7, 11) is 3.98. The van der Waals surface area contributed by atoms with Crippen molar-refractivity contribution in [1.29, 1.82) is 0 Å². The van der Waals surface area contributed by atoms with Gasteiger partial charge in [-0.15, -0.1) is 0 Å². The van der Waals surface area contributed by atoms with Gasteiger partial charge in [-0.25, -0.2) is 0 Å². The van der Waals surface area contributed by atoms with Gasteiger partial charge in [0.05, 0.1) is 0 Å². The number of benzene rings is 2. The molecule has 2 nitrogen and oxygen atoms in total. The average molecular weight is 517 g/mol. The van der Waals surface area contributed by atoms with E-state index < -0.39 is 0 Å². The van der Waals surface area contributed by atoms with Gasteiger partial charge in [0, 0.05) is 37.0 Å². The van der Waals surface area contributed by atoms with Crippen molar-refractivity contribution in [2.75, 3.05) is 23.9 Å². The number of nitrogens with zero attached hydrogens (tertiary/aromatic N) is 2. The Morgan fingerprint density at radius 3 is 1.71 bits per heavy atom. The van der Waals surface area contributed by atoms with Gasteiger partial charge in [0.1, 0.15) is 0 Å². The van der Waals surface area contributed by atoms with Gasteiger partial charge < -0.3 is 9.80 Å². The van der Waals surface area contributed by atoms with Gasteiger partial charge in [0.25, 0.3) is 0 Å². The highest BCUT2D eigenvalue weighted by molar-refractivity contribution is 7.81. The second-order valence-corrected chi connectivity index (χ2v) is 10.3. The predicted molar refractivity (Wildman–Crippen MR) is 163 cm³/mol. The Kier molecular flexibility index (Phi) is 14.1. The van der Waals surface area contributed by atoms with Crippen LogP contribution in [-0.2, 0) is 11.5 Å². The quantitative estimate of drug-likeness (QED) is 0.175. The van der Waals surface area contributed by atoms with E-state index in [-0.39, 0.29) is 0 Å². The fourth-order valence-corrected chi connectivity index (χ4v) is 5.10. The first-order chi connectivity index (χ1) is 16.5. The largest absolute Gasteiger partial charge is 0.321 e. The molecule has 0 atom stereocenters. The van der Waals surface area contributed by atoms with E-state index in [0.29, 0.717) is 11.5 Å². The lowest BCUT2D eigenvalue weighted by Crippen LogP contribution is -2.39. The zero-order chi connectivity index (χ0) is 24.8. The van der Waals surface area contributed by atoms with Crippen LogP contribution < -0.4 is 9.80 Å². The predicted octanol–water partition coefficient (Wildman–Crippen LogP) is 8.94. The second-order valence-electron chi connectivity index (χ2n) is 9.33. The number of anilines is 2. The summed E-state index contributed by atoms with van der Waals surface area (Å²) in [4.78, 5) is 4.05. The van der Waals surface area contributed by atoms with E-state index in [1.807, 2.05) is 48.2 Å². The molecule has 1 saturated carbocycles. The number of rotatable bonds is 11. The highest BCUT2D eigenvalue weighted by Gasteiger charge is 2.17. The van der Waals surface area contributed by atoms with Crippen LogP contribution in [0, 0.1) is 5.92 Å². The van der Waals surface area contributed by atoms with Gasteiger partial charge in [0.15, 0.2) is 5.11 Å². The molecule has 0 amide bonds. The zero-order valence-corrected chi connectivity index (χ0v) is 24.0. The summed E-state index contributed by atoms with van der Waals surface area (Å²) < 4.78 is 0. The second kappa shape index (κ2) is 16.5. The number of hydrogen-bond donors (Lipinski definition) is 2. The summed E-state index contributed by atoms with van der Waals surface area (Å²) in [6.45, 7) is 2.29. The van der Waals surface area contributed by atoms with Crippen LogP contribution in [0.2, 0.25) is 0 Å². The summed E-state index contributed by atoms with van der Waals surface area (Å²) in [5.74, 6) is 2.50. The molecule has 0 heterocycles. The molecule has 0 radical (unpaired) electrons. The van der Waals surface area contributed by atoms with Crippen LogP contribution >= 0.6 is 37.5 Å². The molecular weight excluding hydrogens is 473 g/mol. The molecule has 1 aliphatic carbocycles. The SMILES string of the molecule is CCCCCCCCC1CCC1.CN(C(=S)N(C)c1ccccc1CS)c1ccccc1CS. The maximum absolute atomic E-state index is 5.68. The van der Waals surface area contributed by atoms with Crippen LogP contribution in [0.4, 0.5) is 11.4 Å². The normalized spacial score (nSPS) is 13.0. The van der Waals surface area contributed by atoms with Crippen LogP contribution in [0.1, 0.15) is 82.3 Å². The zero-order valence-electron chi connectivity index (χ0n) is 21.4. The van der Waals surface area contributed by atoms with Crippen molar-refractivity contribution in [3.63, 3.8) is 0 Å². The third kappa shape index (κ3) is 9.13. The molecule has 0 aliphatic heterocycles. The molecule has 5 heteroatoms. The highest BCUT2D eigenvalue weighted by atomic mass is 32.1. The Bertz CT molecular complexity index is 795. The Labute approximate surface area is 225 Å². The molecule has 0 bridgehead atoms. The first-order valence-corrected chi connectivity index (χ1v) is 14.6. The molecule has 2 aromatic rings. The van der Waals surface area contributed by atoms with Crippen molar-refractivity contribution >= 4 is 54.0 Å². The maximum atomic E-state index is 5.68. The Hall–Kier alpha value is -1.17. The number of thiol groups is 2. The standard InChI is InChI=1S/C17H20N2S3.C12H24/c1-18(15-9-5-3-7-13(15)11-20)17(22)19(2)16-10-6-4-8-14(16)12-21;1-2-3-4-5-6-7-9-12-10-8-11-12/h3-10,20-21H,11-12H2,1-2H3;12H,2-11H2,1H3. The van der Waals surface area contributed by atoms with E-state index in [4.69, 9.17) is 12.2 Å². The van der Waals surface area contributed by atoms with Crippen molar-refractivity contribution in [2.24, 2.45) is 5.92 Å². The summed E-state index contributed by atoms with van der Waals surface area (Å²) in [5.41, 5.74) is 4.48. The molecule has 1 fully saturated rings. The summed E-state index contributed by atoms with van der Waals surface area (Å²) in [6, 6.07) is 16.3. The molecule has 0 saturated heterocycles. The monoisotopic (exact) mass is 516 g/mol. The lowest BCUT2D eigenvalue weighted by atomic mass is 9.81. The van der Waals surface area contributed by atoms with Crippen LogP contribution in [0.25, 0.3) is 0 Å². The number of unbranched alkanes of at least 4 members (excludes halogenated alkanes) is 5. The van der Waals surface area contributed by atoms with E-state index >= 15 is 0 Å². The van der Waals surface area contributed by atoms with Crippen molar-refractivity contribution in [1.82, 2.24) is 0 Å².